The summed E-state index contributed by atoms with van der Waals surface area (Å²) >= 11 is 0. The number of hydrogen-bond acceptors (Lipinski definition) is 6. The average Bonchev–Trinajstić information content (AvgIpc) is 3.21. The number of aromatic nitrogens is 4. The van der Waals surface area contributed by atoms with Gasteiger partial charge in [0.2, 0.25) is 5.91 Å². The first-order valence-corrected chi connectivity index (χ1v) is 11.3. The molecule has 0 unspecified atom stereocenters. The second-order valence-corrected chi connectivity index (χ2v) is 9.17. The van der Waals surface area contributed by atoms with Crippen molar-refractivity contribution >= 4 is 28.3 Å². The second kappa shape index (κ2) is 9.51. The minimum Gasteiger partial charge on any atom is -0.494 e. The van der Waals surface area contributed by atoms with Gasteiger partial charge in [-0.15, -0.1) is 0 Å². The number of ether oxygens (including phenoxy) is 1. The first-order chi connectivity index (χ1) is 16.2. The standard InChI is InChI=1S/C26H30N6O2/c1-6-34-20-10-11-22-21(13-20)24(29-19-15-28-32(5)16-19)31-23(30-22)18-9-7-8-17(12-18)14-27-25(33)26(2,3)4/h7-13,15-16H,6,14H2,1-5H3,(H,27,33)(H,29,30,31). The van der Waals surface area contributed by atoms with Gasteiger partial charge in [-0.1, -0.05) is 39.0 Å². The lowest BCUT2D eigenvalue weighted by Gasteiger charge is -2.17. The number of carbonyl (C=O) groups excluding carboxylic acids is 1. The van der Waals surface area contributed by atoms with Crippen molar-refractivity contribution in [3.05, 3.63) is 60.4 Å². The van der Waals surface area contributed by atoms with Gasteiger partial charge < -0.3 is 15.4 Å². The van der Waals surface area contributed by atoms with E-state index in [2.05, 4.69) is 15.7 Å². The number of amides is 1. The number of nitrogens with one attached hydrogen (secondary N) is 2. The van der Waals surface area contributed by atoms with Crippen molar-refractivity contribution < 1.29 is 9.53 Å². The van der Waals surface area contributed by atoms with Gasteiger partial charge in [-0.25, -0.2) is 9.97 Å². The van der Waals surface area contributed by atoms with Gasteiger partial charge in [-0.2, -0.15) is 5.10 Å². The predicted molar refractivity (Wildman–Crippen MR) is 134 cm³/mol. The van der Waals surface area contributed by atoms with Crippen LogP contribution in [0.5, 0.6) is 5.75 Å². The van der Waals surface area contributed by atoms with Crippen LogP contribution in [0.15, 0.2) is 54.9 Å². The number of rotatable bonds is 7. The smallest absolute Gasteiger partial charge is 0.225 e. The Kier molecular flexibility index (Phi) is 6.49. The molecule has 34 heavy (non-hydrogen) atoms. The highest BCUT2D eigenvalue weighted by atomic mass is 16.5. The fourth-order valence-corrected chi connectivity index (χ4v) is 3.48. The molecule has 8 heteroatoms. The third kappa shape index (κ3) is 5.33. The number of anilines is 2. The zero-order valence-corrected chi connectivity index (χ0v) is 20.2. The third-order valence-corrected chi connectivity index (χ3v) is 5.27. The summed E-state index contributed by atoms with van der Waals surface area (Å²) in [6, 6.07) is 13.7. The molecular weight excluding hydrogens is 428 g/mol. The van der Waals surface area contributed by atoms with Gasteiger partial charge >= 0.3 is 0 Å². The van der Waals surface area contributed by atoms with Crippen LogP contribution in [0.25, 0.3) is 22.3 Å². The summed E-state index contributed by atoms with van der Waals surface area (Å²) in [5.41, 5.74) is 3.03. The SMILES string of the molecule is CCOc1ccc2nc(-c3cccc(CNC(=O)C(C)(C)C)c3)nc(Nc3cnn(C)c3)c2c1. The van der Waals surface area contributed by atoms with E-state index in [1.807, 2.05) is 83.4 Å². The monoisotopic (exact) mass is 458 g/mol. The maximum atomic E-state index is 12.3. The van der Waals surface area contributed by atoms with E-state index in [1.54, 1.807) is 10.9 Å². The Morgan fingerprint density at radius 1 is 1.12 bits per heavy atom. The lowest BCUT2D eigenvalue weighted by Crippen LogP contribution is -2.34. The number of fused-ring (bicyclic) bond motifs is 1. The fraction of sp³-hybridized carbons (Fsp3) is 0.308. The maximum Gasteiger partial charge on any atom is 0.225 e. The molecule has 0 saturated heterocycles. The first-order valence-electron chi connectivity index (χ1n) is 11.3. The Labute approximate surface area is 199 Å². The number of hydrogen-bond donors (Lipinski definition) is 2. The van der Waals surface area contributed by atoms with Crippen LogP contribution in [-0.4, -0.2) is 32.3 Å². The number of carbonyl (C=O) groups is 1. The molecule has 0 bridgehead atoms. The van der Waals surface area contributed by atoms with Crippen molar-refractivity contribution in [3.8, 4) is 17.1 Å². The van der Waals surface area contributed by atoms with E-state index in [0.717, 1.165) is 33.5 Å². The Balaban J connectivity index is 1.71. The quantitative estimate of drug-likeness (QED) is 0.412. The molecule has 2 N–H and O–H groups in total. The van der Waals surface area contributed by atoms with Crippen molar-refractivity contribution in [1.82, 2.24) is 25.1 Å². The van der Waals surface area contributed by atoms with Crippen LogP contribution in [-0.2, 0) is 18.4 Å². The molecule has 1 amide bonds. The van der Waals surface area contributed by atoms with Crippen LogP contribution in [0.3, 0.4) is 0 Å². The van der Waals surface area contributed by atoms with E-state index in [-0.39, 0.29) is 5.91 Å². The van der Waals surface area contributed by atoms with Crippen LogP contribution in [0.1, 0.15) is 33.3 Å². The van der Waals surface area contributed by atoms with Crippen LogP contribution in [0.2, 0.25) is 0 Å². The van der Waals surface area contributed by atoms with Crippen molar-refractivity contribution in [2.45, 2.75) is 34.2 Å². The molecule has 176 valence electrons. The molecule has 2 heterocycles. The van der Waals surface area contributed by atoms with Gasteiger partial charge in [0.25, 0.3) is 0 Å². The van der Waals surface area contributed by atoms with Crippen LogP contribution < -0.4 is 15.4 Å². The molecule has 4 aromatic rings. The largest absolute Gasteiger partial charge is 0.494 e. The molecule has 0 fully saturated rings. The van der Waals surface area contributed by atoms with E-state index < -0.39 is 5.41 Å². The van der Waals surface area contributed by atoms with E-state index in [0.29, 0.717) is 24.8 Å². The summed E-state index contributed by atoms with van der Waals surface area (Å²) < 4.78 is 7.42. The van der Waals surface area contributed by atoms with Gasteiger partial charge in [0.05, 0.1) is 24.0 Å². The number of benzene rings is 2. The molecule has 0 aliphatic rings. The van der Waals surface area contributed by atoms with E-state index >= 15 is 0 Å². The molecule has 0 radical (unpaired) electrons. The Bertz CT molecular complexity index is 1320. The van der Waals surface area contributed by atoms with Crippen molar-refractivity contribution in [1.29, 1.82) is 0 Å². The Morgan fingerprint density at radius 2 is 1.94 bits per heavy atom. The number of aryl methyl sites for hydroxylation is 1. The van der Waals surface area contributed by atoms with Crippen LogP contribution in [0.4, 0.5) is 11.5 Å². The van der Waals surface area contributed by atoms with Crippen molar-refractivity contribution in [2.75, 3.05) is 11.9 Å². The molecular formula is C26H30N6O2. The molecule has 0 aliphatic carbocycles. The van der Waals surface area contributed by atoms with E-state index in [9.17, 15) is 4.79 Å². The summed E-state index contributed by atoms with van der Waals surface area (Å²) in [4.78, 5) is 21.9. The van der Waals surface area contributed by atoms with E-state index in [1.165, 1.54) is 0 Å². The Hall–Kier alpha value is -3.94. The van der Waals surface area contributed by atoms with Crippen LogP contribution in [0, 0.1) is 5.41 Å². The summed E-state index contributed by atoms with van der Waals surface area (Å²) in [6.07, 6.45) is 3.64. The second-order valence-electron chi connectivity index (χ2n) is 9.17. The highest BCUT2D eigenvalue weighted by Gasteiger charge is 2.20. The zero-order chi connectivity index (χ0) is 24.3. The minimum atomic E-state index is -0.438. The summed E-state index contributed by atoms with van der Waals surface area (Å²) in [7, 11) is 1.87. The van der Waals surface area contributed by atoms with Gasteiger partial charge in [-0.05, 0) is 36.8 Å². The summed E-state index contributed by atoms with van der Waals surface area (Å²) in [5.74, 6) is 2.03. The zero-order valence-electron chi connectivity index (χ0n) is 20.2. The molecule has 2 aromatic carbocycles. The molecule has 0 aliphatic heterocycles. The molecule has 0 saturated carbocycles. The van der Waals surface area contributed by atoms with Gasteiger partial charge in [0.15, 0.2) is 5.82 Å². The van der Waals surface area contributed by atoms with Gasteiger partial charge in [-0.3, -0.25) is 9.48 Å². The van der Waals surface area contributed by atoms with E-state index in [4.69, 9.17) is 14.7 Å². The molecule has 8 nitrogen and oxygen atoms in total. The highest BCUT2D eigenvalue weighted by molar-refractivity contribution is 5.93. The molecule has 0 spiro atoms. The van der Waals surface area contributed by atoms with Gasteiger partial charge in [0.1, 0.15) is 11.6 Å². The lowest BCUT2D eigenvalue weighted by atomic mass is 9.95. The normalized spacial score (nSPS) is 11.4. The Morgan fingerprint density at radius 3 is 2.65 bits per heavy atom. The van der Waals surface area contributed by atoms with Gasteiger partial charge in [0, 0.05) is 36.2 Å². The van der Waals surface area contributed by atoms with Crippen LogP contribution >= 0.6 is 0 Å². The fourth-order valence-electron chi connectivity index (χ4n) is 3.48. The predicted octanol–water partition coefficient (Wildman–Crippen LogP) is 4.83. The molecule has 2 aromatic heterocycles. The molecule has 0 atom stereocenters. The molecule has 4 rings (SSSR count). The average molecular weight is 459 g/mol. The highest BCUT2D eigenvalue weighted by Crippen LogP contribution is 2.30. The maximum absolute atomic E-state index is 12.3. The minimum absolute atomic E-state index is 0.00733. The summed E-state index contributed by atoms with van der Waals surface area (Å²) in [6.45, 7) is 8.67. The first kappa shape index (κ1) is 23.2. The lowest BCUT2D eigenvalue weighted by molar-refractivity contribution is -0.128. The summed E-state index contributed by atoms with van der Waals surface area (Å²) in [5, 5.41) is 11.5. The van der Waals surface area contributed by atoms with Crippen molar-refractivity contribution in [3.63, 3.8) is 0 Å². The third-order valence-electron chi connectivity index (χ3n) is 5.27. The number of nitrogens with zero attached hydrogens (tertiary/aromatic N) is 4. The van der Waals surface area contributed by atoms with Crippen molar-refractivity contribution in [2.24, 2.45) is 12.5 Å². The topological polar surface area (TPSA) is 94.0 Å².